The number of carbonyl (C=O) groups is 2. The summed E-state index contributed by atoms with van der Waals surface area (Å²) in [7, 11) is 0. The van der Waals surface area contributed by atoms with Crippen LogP contribution >= 0.6 is 11.6 Å². The SMILES string of the molecule is Cc1nc2ccc(Cl)cn2c1C(=O)N1CC=C[C@H]1C(=O)O. The van der Waals surface area contributed by atoms with Crippen LogP contribution in [-0.4, -0.2) is 43.9 Å². The monoisotopic (exact) mass is 305 g/mol. The number of aliphatic carboxylic acids is 1. The first-order valence-electron chi connectivity index (χ1n) is 6.33. The molecule has 1 atom stereocenters. The van der Waals surface area contributed by atoms with Crippen LogP contribution in [0.25, 0.3) is 5.65 Å². The summed E-state index contributed by atoms with van der Waals surface area (Å²) in [5.41, 5.74) is 1.47. The quantitative estimate of drug-likeness (QED) is 0.858. The fraction of sp³-hybridized carbons (Fsp3) is 0.214. The second-order valence-corrected chi connectivity index (χ2v) is 5.23. The van der Waals surface area contributed by atoms with Gasteiger partial charge in [0.1, 0.15) is 17.4 Å². The highest BCUT2D eigenvalue weighted by atomic mass is 35.5. The van der Waals surface area contributed by atoms with Gasteiger partial charge in [0.15, 0.2) is 0 Å². The zero-order valence-corrected chi connectivity index (χ0v) is 11.9. The molecular weight excluding hydrogens is 294 g/mol. The minimum atomic E-state index is -1.05. The number of aryl methyl sites for hydroxylation is 1. The number of pyridine rings is 1. The van der Waals surface area contributed by atoms with Crippen molar-refractivity contribution in [2.75, 3.05) is 6.54 Å². The van der Waals surface area contributed by atoms with E-state index in [1.807, 2.05) is 0 Å². The van der Waals surface area contributed by atoms with E-state index in [1.54, 1.807) is 35.7 Å². The number of fused-ring (bicyclic) bond motifs is 1. The molecule has 2 aromatic heterocycles. The first-order valence-corrected chi connectivity index (χ1v) is 6.71. The highest BCUT2D eigenvalue weighted by Crippen LogP contribution is 2.20. The van der Waals surface area contributed by atoms with Crippen molar-refractivity contribution in [1.29, 1.82) is 0 Å². The van der Waals surface area contributed by atoms with E-state index in [2.05, 4.69) is 4.98 Å². The number of imidazole rings is 1. The van der Waals surface area contributed by atoms with E-state index in [1.165, 1.54) is 11.0 Å². The molecule has 108 valence electrons. The van der Waals surface area contributed by atoms with Crippen LogP contribution in [0.4, 0.5) is 0 Å². The standard InChI is InChI=1S/C14H12ClN3O3/c1-8-12(18-7-9(15)4-5-11(18)16-8)13(19)17-6-2-3-10(17)14(20)21/h2-5,7,10H,6H2,1H3,(H,20,21)/t10-/m0/s1. The van der Waals surface area contributed by atoms with Gasteiger partial charge < -0.3 is 10.0 Å². The van der Waals surface area contributed by atoms with E-state index in [0.29, 0.717) is 22.1 Å². The Bertz CT molecular complexity index is 781. The van der Waals surface area contributed by atoms with E-state index < -0.39 is 12.0 Å². The van der Waals surface area contributed by atoms with Crippen LogP contribution in [0.2, 0.25) is 5.02 Å². The van der Waals surface area contributed by atoms with Gasteiger partial charge in [-0.3, -0.25) is 9.20 Å². The predicted molar refractivity (Wildman–Crippen MR) is 76.5 cm³/mol. The highest BCUT2D eigenvalue weighted by molar-refractivity contribution is 6.30. The highest BCUT2D eigenvalue weighted by Gasteiger charge is 2.33. The van der Waals surface area contributed by atoms with E-state index in [0.717, 1.165) is 0 Å². The number of amides is 1. The number of carboxylic acids is 1. The van der Waals surface area contributed by atoms with Crippen molar-refractivity contribution in [2.24, 2.45) is 0 Å². The summed E-state index contributed by atoms with van der Waals surface area (Å²) in [5.74, 6) is -1.43. The van der Waals surface area contributed by atoms with Crippen LogP contribution in [0.1, 0.15) is 16.2 Å². The molecule has 0 bridgehead atoms. The number of nitrogens with zero attached hydrogens (tertiary/aromatic N) is 3. The number of hydrogen-bond acceptors (Lipinski definition) is 3. The maximum Gasteiger partial charge on any atom is 0.330 e. The van der Waals surface area contributed by atoms with Crippen molar-refractivity contribution in [2.45, 2.75) is 13.0 Å². The maximum atomic E-state index is 12.7. The molecule has 0 saturated heterocycles. The minimum absolute atomic E-state index is 0.267. The lowest BCUT2D eigenvalue weighted by Gasteiger charge is -2.21. The summed E-state index contributed by atoms with van der Waals surface area (Å²) in [6.07, 6.45) is 4.78. The molecule has 0 fully saturated rings. The summed E-state index contributed by atoms with van der Waals surface area (Å²) in [5, 5.41) is 9.64. The average Bonchev–Trinajstić information content (AvgIpc) is 3.01. The lowest BCUT2D eigenvalue weighted by molar-refractivity contribution is -0.140. The third-order valence-corrected chi connectivity index (χ3v) is 3.65. The van der Waals surface area contributed by atoms with Crippen molar-refractivity contribution in [3.63, 3.8) is 0 Å². The van der Waals surface area contributed by atoms with Crippen molar-refractivity contribution < 1.29 is 14.7 Å². The summed E-state index contributed by atoms with van der Waals surface area (Å²) in [6, 6.07) is 2.46. The van der Waals surface area contributed by atoms with Crippen LogP contribution < -0.4 is 0 Å². The van der Waals surface area contributed by atoms with Crippen LogP contribution in [-0.2, 0) is 4.79 Å². The number of hydrogen-bond donors (Lipinski definition) is 1. The molecule has 0 unspecified atom stereocenters. The van der Waals surface area contributed by atoms with Gasteiger partial charge in [-0.25, -0.2) is 9.78 Å². The van der Waals surface area contributed by atoms with Crippen molar-refractivity contribution in [3.05, 3.63) is 46.9 Å². The molecule has 6 nitrogen and oxygen atoms in total. The van der Waals surface area contributed by atoms with E-state index in [-0.39, 0.29) is 12.5 Å². The topological polar surface area (TPSA) is 74.9 Å². The van der Waals surface area contributed by atoms with Crippen molar-refractivity contribution >= 4 is 29.1 Å². The molecule has 0 saturated carbocycles. The van der Waals surface area contributed by atoms with Gasteiger partial charge in [0.25, 0.3) is 5.91 Å². The molecule has 3 rings (SSSR count). The van der Waals surface area contributed by atoms with E-state index >= 15 is 0 Å². The Balaban J connectivity index is 2.08. The summed E-state index contributed by atoms with van der Waals surface area (Å²) in [6.45, 7) is 1.98. The zero-order valence-electron chi connectivity index (χ0n) is 11.2. The van der Waals surface area contributed by atoms with Gasteiger partial charge in [0.2, 0.25) is 0 Å². The van der Waals surface area contributed by atoms with Gasteiger partial charge in [0, 0.05) is 12.7 Å². The molecule has 2 aromatic rings. The predicted octanol–water partition coefficient (Wildman–Crippen LogP) is 1.76. The largest absolute Gasteiger partial charge is 0.479 e. The van der Waals surface area contributed by atoms with Crippen molar-refractivity contribution in [1.82, 2.24) is 14.3 Å². The number of carbonyl (C=O) groups excluding carboxylic acids is 1. The van der Waals surface area contributed by atoms with E-state index in [9.17, 15) is 9.59 Å². The second kappa shape index (κ2) is 4.89. The molecule has 1 amide bonds. The van der Waals surface area contributed by atoms with Gasteiger partial charge in [-0.15, -0.1) is 0 Å². The van der Waals surface area contributed by atoms with Gasteiger partial charge in [-0.1, -0.05) is 23.8 Å². The second-order valence-electron chi connectivity index (χ2n) is 4.79. The number of aromatic nitrogens is 2. The lowest BCUT2D eigenvalue weighted by Crippen LogP contribution is -2.41. The van der Waals surface area contributed by atoms with Crippen LogP contribution in [0.15, 0.2) is 30.5 Å². The Hall–Kier alpha value is -2.34. The molecule has 7 heteroatoms. The molecule has 0 radical (unpaired) electrons. The molecule has 0 aliphatic carbocycles. The van der Waals surface area contributed by atoms with Crippen molar-refractivity contribution in [3.8, 4) is 0 Å². The van der Waals surface area contributed by atoms with Crippen LogP contribution in [0, 0.1) is 6.92 Å². The Morgan fingerprint density at radius 2 is 2.19 bits per heavy atom. The van der Waals surface area contributed by atoms with Crippen LogP contribution in [0.3, 0.4) is 0 Å². The number of rotatable bonds is 2. The molecule has 1 N–H and O–H groups in total. The Morgan fingerprint density at radius 1 is 1.43 bits per heavy atom. The average molecular weight is 306 g/mol. The summed E-state index contributed by atoms with van der Waals surface area (Å²) in [4.78, 5) is 29.5. The fourth-order valence-electron chi connectivity index (χ4n) is 2.48. The number of carboxylic acid groups (broad SMARTS) is 1. The normalized spacial score (nSPS) is 17.6. The molecular formula is C14H12ClN3O3. The molecule has 21 heavy (non-hydrogen) atoms. The van der Waals surface area contributed by atoms with Gasteiger partial charge in [0.05, 0.1) is 10.7 Å². The minimum Gasteiger partial charge on any atom is -0.479 e. The molecule has 3 heterocycles. The van der Waals surface area contributed by atoms with Gasteiger partial charge in [-0.05, 0) is 19.1 Å². The third-order valence-electron chi connectivity index (χ3n) is 3.43. The molecule has 0 aromatic carbocycles. The first kappa shape index (κ1) is 13.6. The van der Waals surface area contributed by atoms with E-state index in [4.69, 9.17) is 16.7 Å². The summed E-state index contributed by atoms with van der Waals surface area (Å²) < 4.78 is 1.59. The number of halogens is 1. The van der Waals surface area contributed by atoms with Gasteiger partial charge >= 0.3 is 5.97 Å². The lowest BCUT2D eigenvalue weighted by atomic mass is 10.2. The summed E-state index contributed by atoms with van der Waals surface area (Å²) >= 11 is 5.96. The first-order chi connectivity index (χ1) is 9.99. The van der Waals surface area contributed by atoms with Gasteiger partial charge in [-0.2, -0.15) is 0 Å². The maximum absolute atomic E-state index is 12.7. The molecule has 0 spiro atoms. The fourth-order valence-corrected chi connectivity index (χ4v) is 2.64. The Kier molecular flexibility index (Phi) is 3.17. The molecule has 1 aliphatic heterocycles. The van der Waals surface area contributed by atoms with Crippen LogP contribution in [0.5, 0.6) is 0 Å². The molecule has 1 aliphatic rings. The Morgan fingerprint density at radius 3 is 2.90 bits per heavy atom. The smallest absolute Gasteiger partial charge is 0.330 e. The third kappa shape index (κ3) is 2.17. The Labute approximate surface area is 125 Å². The zero-order chi connectivity index (χ0) is 15.1.